The van der Waals surface area contributed by atoms with Crippen molar-refractivity contribution in [2.24, 2.45) is 5.92 Å². The number of carboxylic acid groups (broad SMARTS) is 1. The summed E-state index contributed by atoms with van der Waals surface area (Å²) in [7, 11) is 0. The summed E-state index contributed by atoms with van der Waals surface area (Å²) in [4.78, 5) is 23.3. The Hall–Kier alpha value is -1.49. The van der Waals surface area contributed by atoms with Crippen LogP contribution in [0.2, 0.25) is 0 Å². The number of rotatable bonds is 2. The normalized spacial score (nSPS) is 19.5. The summed E-state index contributed by atoms with van der Waals surface area (Å²) in [6.07, 6.45) is -0.118. The van der Waals surface area contributed by atoms with E-state index in [1.165, 1.54) is 11.8 Å². The fraction of sp³-hybridized carbons (Fsp3) is 0.273. The summed E-state index contributed by atoms with van der Waals surface area (Å²) in [5.41, 5.74) is 0.769. The molecule has 1 amide bonds. The molecule has 0 saturated heterocycles. The van der Waals surface area contributed by atoms with Gasteiger partial charge in [-0.1, -0.05) is 12.1 Å². The average molecular weight is 237 g/mol. The molecule has 0 spiro atoms. The number of hydrogen-bond acceptors (Lipinski definition) is 3. The first-order chi connectivity index (χ1) is 7.66. The first-order valence-electron chi connectivity index (χ1n) is 4.91. The molecule has 1 atom stereocenters. The van der Waals surface area contributed by atoms with Gasteiger partial charge in [0, 0.05) is 10.6 Å². The number of nitrogens with one attached hydrogen (secondary N) is 1. The molecule has 0 fully saturated rings. The number of benzene rings is 1. The van der Waals surface area contributed by atoms with Crippen LogP contribution in [0.1, 0.15) is 6.42 Å². The molecule has 0 unspecified atom stereocenters. The maximum atomic E-state index is 11.7. The first kappa shape index (κ1) is 11.0. The predicted octanol–water partition coefficient (Wildman–Crippen LogP) is 1.82. The van der Waals surface area contributed by atoms with Gasteiger partial charge >= 0.3 is 5.97 Å². The van der Waals surface area contributed by atoms with Gasteiger partial charge in [-0.05, 0) is 12.1 Å². The molecule has 1 aliphatic heterocycles. The van der Waals surface area contributed by atoms with Gasteiger partial charge in [-0.3, -0.25) is 9.59 Å². The molecule has 0 saturated carbocycles. The van der Waals surface area contributed by atoms with E-state index in [1.807, 2.05) is 24.3 Å². The van der Waals surface area contributed by atoms with Crippen molar-refractivity contribution < 1.29 is 14.7 Å². The summed E-state index contributed by atoms with van der Waals surface area (Å²) < 4.78 is 0. The zero-order valence-electron chi connectivity index (χ0n) is 8.47. The number of fused-ring (bicyclic) bond motifs is 1. The Morgan fingerprint density at radius 1 is 1.50 bits per heavy atom. The van der Waals surface area contributed by atoms with Gasteiger partial charge in [0.05, 0.1) is 18.0 Å². The lowest BCUT2D eigenvalue weighted by Crippen LogP contribution is -2.25. The molecule has 5 heteroatoms. The molecular formula is C11H11NO3S. The maximum Gasteiger partial charge on any atom is 0.304 e. The Morgan fingerprint density at radius 3 is 3.00 bits per heavy atom. The standard InChI is InChI=1S/C11H11NO3S/c13-10(14)5-7-6-16-9-4-2-1-3-8(9)12-11(7)15/h1-4,7H,5-6H2,(H,12,15)(H,13,14)/t7-/m0/s1. The molecule has 0 aromatic heterocycles. The Labute approximate surface area is 97.0 Å². The third kappa shape index (κ3) is 2.36. The number of carboxylic acids is 1. The fourth-order valence-electron chi connectivity index (χ4n) is 1.56. The number of para-hydroxylation sites is 1. The highest BCUT2D eigenvalue weighted by Crippen LogP contribution is 2.32. The van der Waals surface area contributed by atoms with E-state index in [2.05, 4.69) is 5.32 Å². The third-order valence-electron chi connectivity index (χ3n) is 2.38. The van der Waals surface area contributed by atoms with Crippen molar-refractivity contribution in [1.82, 2.24) is 0 Å². The lowest BCUT2D eigenvalue weighted by Gasteiger charge is -2.09. The third-order valence-corrected chi connectivity index (χ3v) is 3.61. The Bertz CT molecular complexity index is 433. The molecule has 1 aliphatic rings. The van der Waals surface area contributed by atoms with Gasteiger partial charge in [0.2, 0.25) is 5.91 Å². The van der Waals surface area contributed by atoms with Gasteiger partial charge in [-0.15, -0.1) is 11.8 Å². The minimum Gasteiger partial charge on any atom is -0.481 e. The van der Waals surface area contributed by atoms with Crippen LogP contribution in [-0.2, 0) is 9.59 Å². The quantitative estimate of drug-likeness (QED) is 0.823. The molecule has 0 bridgehead atoms. The van der Waals surface area contributed by atoms with E-state index in [0.717, 1.165) is 10.6 Å². The largest absolute Gasteiger partial charge is 0.481 e. The number of hydrogen-bond donors (Lipinski definition) is 2. The topological polar surface area (TPSA) is 66.4 Å². The fourth-order valence-corrected chi connectivity index (χ4v) is 2.66. The van der Waals surface area contributed by atoms with Crippen LogP contribution in [0.25, 0.3) is 0 Å². The van der Waals surface area contributed by atoms with E-state index in [1.54, 1.807) is 0 Å². The van der Waals surface area contributed by atoms with Crippen molar-refractivity contribution in [2.75, 3.05) is 11.1 Å². The molecule has 1 heterocycles. The smallest absolute Gasteiger partial charge is 0.304 e. The minimum absolute atomic E-state index is 0.118. The summed E-state index contributed by atoms with van der Waals surface area (Å²) in [5.74, 6) is -1.10. The van der Waals surface area contributed by atoms with Gasteiger partial charge in [0.25, 0.3) is 0 Å². The molecule has 1 aromatic rings. The molecular weight excluding hydrogens is 226 g/mol. The van der Waals surface area contributed by atoms with Crippen LogP contribution in [0.5, 0.6) is 0 Å². The highest BCUT2D eigenvalue weighted by molar-refractivity contribution is 7.99. The van der Waals surface area contributed by atoms with Crippen molar-refractivity contribution in [3.8, 4) is 0 Å². The highest BCUT2D eigenvalue weighted by atomic mass is 32.2. The van der Waals surface area contributed by atoms with Gasteiger partial charge in [-0.25, -0.2) is 0 Å². The Balaban J connectivity index is 2.18. The van der Waals surface area contributed by atoms with Crippen molar-refractivity contribution in [3.63, 3.8) is 0 Å². The van der Waals surface area contributed by atoms with Crippen LogP contribution in [0.4, 0.5) is 5.69 Å². The molecule has 0 radical (unpaired) electrons. The molecule has 1 aromatic carbocycles. The summed E-state index contributed by atoms with van der Waals surface area (Å²) in [6.45, 7) is 0. The van der Waals surface area contributed by atoms with Gasteiger partial charge < -0.3 is 10.4 Å². The molecule has 84 valence electrons. The maximum absolute atomic E-state index is 11.7. The van der Waals surface area contributed by atoms with Gasteiger partial charge in [0.1, 0.15) is 0 Å². The Kier molecular flexibility index (Phi) is 3.14. The number of thioether (sulfide) groups is 1. The second-order valence-electron chi connectivity index (χ2n) is 3.59. The summed E-state index contributed by atoms with van der Waals surface area (Å²) >= 11 is 1.52. The zero-order valence-corrected chi connectivity index (χ0v) is 9.29. The molecule has 4 nitrogen and oxygen atoms in total. The number of amides is 1. The second-order valence-corrected chi connectivity index (χ2v) is 4.65. The second kappa shape index (κ2) is 4.57. The predicted molar refractivity (Wildman–Crippen MR) is 61.5 cm³/mol. The van der Waals surface area contributed by atoms with Crippen LogP contribution >= 0.6 is 11.8 Å². The minimum atomic E-state index is -0.938. The molecule has 0 aliphatic carbocycles. The average Bonchev–Trinajstić information content (AvgIpc) is 2.39. The molecule has 16 heavy (non-hydrogen) atoms. The molecule has 2 N–H and O–H groups in total. The van der Waals surface area contributed by atoms with Crippen LogP contribution in [-0.4, -0.2) is 22.7 Å². The van der Waals surface area contributed by atoms with E-state index >= 15 is 0 Å². The van der Waals surface area contributed by atoms with E-state index in [9.17, 15) is 9.59 Å². The summed E-state index contributed by atoms with van der Waals surface area (Å²) in [6, 6.07) is 7.49. The zero-order chi connectivity index (χ0) is 11.5. The lowest BCUT2D eigenvalue weighted by atomic mass is 10.1. The van der Waals surface area contributed by atoms with Crippen molar-refractivity contribution >= 4 is 29.3 Å². The van der Waals surface area contributed by atoms with Crippen molar-refractivity contribution in [3.05, 3.63) is 24.3 Å². The monoisotopic (exact) mass is 237 g/mol. The van der Waals surface area contributed by atoms with Crippen molar-refractivity contribution in [1.29, 1.82) is 0 Å². The number of aliphatic carboxylic acids is 1. The van der Waals surface area contributed by atoms with Crippen LogP contribution in [0, 0.1) is 5.92 Å². The van der Waals surface area contributed by atoms with Crippen molar-refractivity contribution in [2.45, 2.75) is 11.3 Å². The molecule has 2 rings (SSSR count). The van der Waals surface area contributed by atoms with E-state index in [4.69, 9.17) is 5.11 Å². The number of anilines is 1. The van der Waals surface area contributed by atoms with Crippen LogP contribution in [0.3, 0.4) is 0 Å². The summed E-state index contributed by atoms with van der Waals surface area (Å²) in [5, 5.41) is 11.5. The van der Waals surface area contributed by atoms with E-state index in [-0.39, 0.29) is 12.3 Å². The van der Waals surface area contributed by atoms with Crippen LogP contribution in [0.15, 0.2) is 29.2 Å². The SMILES string of the molecule is O=C(O)C[C@H]1CSc2ccccc2NC1=O. The van der Waals surface area contributed by atoms with Gasteiger partial charge in [-0.2, -0.15) is 0 Å². The van der Waals surface area contributed by atoms with E-state index in [0.29, 0.717) is 5.75 Å². The Morgan fingerprint density at radius 2 is 2.25 bits per heavy atom. The van der Waals surface area contributed by atoms with E-state index < -0.39 is 11.9 Å². The highest BCUT2D eigenvalue weighted by Gasteiger charge is 2.25. The van der Waals surface area contributed by atoms with Gasteiger partial charge in [0.15, 0.2) is 0 Å². The number of carbonyl (C=O) groups is 2. The van der Waals surface area contributed by atoms with Crippen LogP contribution < -0.4 is 5.32 Å². The number of carbonyl (C=O) groups excluding carboxylic acids is 1. The first-order valence-corrected chi connectivity index (χ1v) is 5.90. The lowest BCUT2D eigenvalue weighted by molar-refractivity contribution is -0.139.